The van der Waals surface area contributed by atoms with Crippen LogP contribution in [0.25, 0.3) is 45.3 Å². The molecule has 0 amide bonds. The third-order valence-electron chi connectivity index (χ3n) is 5.57. The fourth-order valence-corrected chi connectivity index (χ4v) is 4.15. The molecular weight excluding hydrogens is 392 g/mol. The van der Waals surface area contributed by atoms with Gasteiger partial charge in [-0.15, -0.1) is 0 Å². The van der Waals surface area contributed by atoms with Gasteiger partial charge in [0.1, 0.15) is 0 Å². The predicted molar refractivity (Wildman–Crippen MR) is 134 cm³/mol. The van der Waals surface area contributed by atoms with Gasteiger partial charge in [0.25, 0.3) is 0 Å². The van der Waals surface area contributed by atoms with E-state index in [4.69, 9.17) is 10.7 Å². The minimum absolute atomic E-state index is 0.787. The molecule has 5 rings (SSSR count). The number of nitrogens with zero attached hydrogens (tertiary/aromatic N) is 3. The van der Waals surface area contributed by atoms with E-state index < -0.39 is 0 Å². The highest BCUT2D eigenvalue weighted by Gasteiger charge is 2.15. The van der Waals surface area contributed by atoms with Crippen LogP contribution < -0.4 is 5.73 Å². The van der Waals surface area contributed by atoms with Gasteiger partial charge in [-0.25, -0.2) is 4.98 Å². The maximum absolute atomic E-state index is 6.53. The van der Waals surface area contributed by atoms with Crippen molar-refractivity contribution in [2.24, 2.45) is 0 Å². The summed E-state index contributed by atoms with van der Waals surface area (Å²) >= 11 is 0. The zero-order valence-electron chi connectivity index (χ0n) is 18.2. The summed E-state index contributed by atoms with van der Waals surface area (Å²) in [6.07, 6.45) is 5.88. The Labute approximate surface area is 187 Å². The number of pyridine rings is 2. The van der Waals surface area contributed by atoms with Gasteiger partial charge in [0.05, 0.1) is 34.0 Å². The first-order valence-corrected chi connectivity index (χ1v) is 10.7. The molecule has 5 aromatic rings. The molecule has 0 aliphatic heterocycles. The van der Waals surface area contributed by atoms with Crippen LogP contribution in [0.3, 0.4) is 0 Å². The van der Waals surface area contributed by atoms with Crippen LogP contribution in [0.5, 0.6) is 0 Å². The summed E-state index contributed by atoms with van der Waals surface area (Å²) in [6.45, 7) is 4.10. The lowest BCUT2D eigenvalue weighted by Gasteiger charge is -2.12. The first-order valence-electron chi connectivity index (χ1n) is 10.7. The van der Waals surface area contributed by atoms with Crippen molar-refractivity contribution in [1.29, 1.82) is 0 Å². The molecule has 0 saturated carbocycles. The van der Waals surface area contributed by atoms with E-state index in [0.29, 0.717) is 0 Å². The maximum atomic E-state index is 6.53. The molecule has 0 bridgehead atoms. The Kier molecular flexibility index (Phi) is 5.04. The van der Waals surface area contributed by atoms with Crippen LogP contribution in [0.15, 0.2) is 91.1 Å². The molecule has 0 aliphatic rings. The Bertz CT molecular complexity index is 1450. The molecule has 0 unspecified atom stereocenters. The predicted octanol–water partition coefficient (Wildman–Crippen LogP) is 6.68. The highest BCUT2D eigenvalue weighted by molar-refractivity contribution is 5.98. The van der Waals surface area contributed by atoms with Crippen molar-refractivity contribution in [3.63, 3.8) is 0 Å². The molecule has 0 fully saturated rings. The van der Waals surface area contributed by atoms with E-state index in [0.717, 1.165) is 56.2 Å². The summed E-state index contributed by atoms with van der Waals surface area (Å²) in [5.74, 6) is 0. The molecule has 0 radical (unpaired) electrons. The number of para-hydroxylation sites is 1. The van der Waals surface area contributed by atoms with Crippen molar-refractivity contribution in [1.82, 2.24) is 14.5 Å². The van der Waals surface area contributed by atoms with Crippen molar-refractivity contribution in [2.75, 3.05) is 5.73 Å². The Morgan fingerprint density at radius 2 is 1.66 bits per heavy atom. The second-order valence-electron chi connectivity index (χ2n) is 7.83. The molecule has 4 heteroatoms. The number of rotatable bonds is 4. The monoisotopic (exact) mass is 416 g/mol. The van der Waals surface area contributed by atoms with Crippen molar-refractivity contribution >= 4 is 22.7 Å². The molecule has 0 spiro atoms. The van der Waals surface area contributed by atoms with E-state index in [9.17, 15) is 0 Å². The van der Waals surface area contributed by atoms with E-state index in [2.05, 4.69) is 71.1 Å². The Morgan fingerprint density at radius 1 is 0.844 bits per heavy atom. The number of hydrogen-bond acceptors (Lipinski definition) is 3. The SMILES string of the molecule is C/C=C\c1c(N)c2ccccc2n1-c1cccc(-c2cc(C)cc(-c3ccccn3)n2)c1. The van der Waals surface area contributed by atoms with Crippen LogP contribution in [0.4, 0.5) is 5.69 Å². The normalized spacial score (nSPS) is 11.4. The molecule has 0 atom stereocenters. The van der Waals surface area contributed by atoms with E-state index in [-0.39, 0.29) is 0 Å². The molecule has 0 saturated heterocycles. The van der Waals surface area contributed by atoms with Crippen molar-refractivity contribution in [3.8, 4) is 28.3 Å². The molecule has 156 valence electrons. The molecule has 32 heavy (non-hydrogen) atoms. The fraction of sp³-hybridized carbons (Fsp3) is 0.0714. The number of aryl methyl sites for hydroxylation is 1. The number of aromatic nitrogens is 3. The summed E-state index contributed by atoms with van der Waals surface area (Å²) in [6, 6.07) is 26.8. The highest BCUT2D eigenvalue weighted by Crippen LogP contribution is 2.34. The highest BCUT2D eigenvalue weighted by atomic mass is 15.0. The molecule has 2 N–H and O–H groups in total. The second-order valence-corrected chi connectivity index (χ2v) is 7.83. The molecular formula is C28H24N4. The topological polar surface area (TPSA) is 56.7 Å². The number of nitrogens with two attached hydrogens (primary N) is 1. The summed E-state index contributed by atoms with van der Waals surface area (Å²) in [5, 5.41) is 1.05. The Balaban J connectivity index is 1.68. The first kappa shape index (κ1) is 19.8. The number of benzene rings is 2. The van der Waals surface area contributed by atoms with Gasteiger partial charge in [0, 0.05) is 22.8 Å². The van der Waals surface area contributed by atoms with Crippen LogP contribution in [-0.2, 0) is 0 Å². The third-order valence-corrected chi connectivity index (χ3v) is 5.57. The average molecular weight is 417 g/mol. The fourth-order valence-electron chi connectivity index (χ4n) is 4.15. The van der Waals surface area contributed by atoms with Crippen LogP contribution >= 0.6 is 0 Å². The van der Waals surface area contributed by atoms with Crippen LogP contribution in [0.1, 0.15) is 18.2 Å². The van der Waals surface area contributed by atoms with Crippen molar-refractivity contribution < 1.29 is 0 Å². The minimum atomic E-state index is 0.787. The van der Waals surface area contributed by atoms with Crippen LogP contribution in [0, 0.1) is 6.92 Å². The van der Waals surface area contributed by atoms with Crippen molar-refractivity contribution in [3.05, 3.63) is 102 Å². The van der Waals surface area contributed by atoms with Crippen LogP contribution in [-0.4, -0.2) is 14.5 Å². The summed E-state index contributed by atoms with van der Waals surface area (Å²) in [7, 11) is 0. The molecule has 4 nitrogen and oxygen atoms in total. The van der Waals surface area contributed by atoms with Gasteiger partial charge in [-0.1, -0.05) is 42.5 Å². The van der Waals surface area contributed by atoms with Crippen LogP contribution in [0.2, 0.25) is 0 Å². The third kappa shape index (κ3) is 3.46. The second kappa shape index (κ2) is 8.16. The molecule has 2 aromatic carbocycles. The lowest BCUT2D eigenvalue weighted by Crippen LogP contribution is -1.99. The van der Waals surface area contributed by atoms with E-state index in [1.807, 2.05) is 43.3 Å². The van der Waals surface area contributed by atoms with Gasteiger partial charge < -0.3 is 10.3 Å². The Hall–Kier alpha value is -4.18. The van der Waals surface area contributed by atoms with Gasteiger partial charge in [0.2, 0.25) is 0 Å². The zero-order valence-corrected chi connectivity index (χ0v) is 18.2. The van der Waals surface area contributed by atoms with Gasteiger partial charge in [-0.3, -0.25) is 4.98 Å². The number of anilines is 1. The summed E-state index contributed by atoms with van der Waals surface area (Å²) in [4.78, 5) is 9.40. The Morgan fingerprint density at radius 3 is 2.47 bits per heavy atom. The standard InChI is InChI=1S/C28H24N4/c1-3-9-27-28(29)22-12-4-5-14-26(22)32(27)21-11-8-10-20(18-21)24-16-19(2)17-25(31-24)23-13-6-7-15-30-23/h3-18H,29H2,1-2H3/b9-3-. The zero-order chi connectivity index (χ0) is 22.1. The largest absolute Gasteiger partial charge is 0.396 e. The average Bonchev–Trinajstić information content (AvgIpc) is 3.11. The summed E-state index contributed by atoms with van der Waals surface area (Å²) < 4.78 is 2.21. The molecule has 3 aromatic heterocycles. The van der Waals surface area contributed by atoms with E-state index in [1.165, 1.54) is 0 Å². The van der Waals surface area contributed by atoms with E-state index >= 15 is 0 Å². The smallest absolute Gasteiger partial charge is 0.0896 e. The van der Waals surface area contributed by atoms with Crippen molar-refractivity contribution in [2.45, 2.75) is 13.8 Å². The van der Waals surface area contributed by atoms with E-state index in [1.54, 1.807) is 6.20 Å². The molecule has 3 heterocycles. The lowest BCUT2D eigenvalue weighted by molar-refractivity contribution is 1.11. The summed E-state index contributed by atoms with van der Waals surface area (Å²) in [5.41, 5.74) is 15.3. The quantitative estimate of drug-likeness (QED) is 0.355. The van der Waals surface area contributed by atoms with Gasteiger partial charge >= 0.3 is 0 Å². The number of allylic oxidation sites excluding steroid dienone is 1. The lowest BCUT2D eigenvalue weighted by atomic mass is 10.1. The van der Waals surface area contributed by atoms with Gasteiger partial charge in [-0.05, 0) is 68.0 Å². The molecule has 0 aliphatic carbocycles. The maximum Gasteiger partial charge on any atom is 0.0896 e. The first-order chi connectivity index (χ1) is 15.7. The minimum Gasteiger partial charge on any atom is -0.396 e. The number of fused-ring (bicyclic) bond motifs is 1. The van der Waals surface area contributed by atoms with Gasteiger partial charge in [0.15, 0.2) is 0 Å². The van der Waals surface area contributed by atoms with Gasteiger partial charge in [-0.2, -0.15) is 0 Å². The number of hydrogen-bond donors (Lipinski definition) is 1. The number of nitrogen functional groups attached to an aromatic ring is 1.